The van der Waals surface area contributed by atoms with Gasteiger partial charge in [0.2, 0.25) is 5.91 Å². The second kappa shape index (κ2) is 7.87. The van der Waals surface area contributed by atoms with Crippen molar-refractivity contribution in [3.8, 4) is 0 Å². The fourth-order valence-electron chi connectivity index (χ4n) is 1.74. The third-order valence-corrected chi connectivity index (χ3v) is 3.11. The lowest BCUT2D eigenvalue weighted by molar-refractivity contribution is -0.142. The molecule has 0 bridgehead atoms. The van der Waals surface area contributed by atoms with E-state index in [1.165, 1.54) is 0 Å². The van der Waals surface area contributed by atoms with Gasteiger partial charge in [0.25, 0.3) is 0 Å². The zero-order valence-corrected chi connectivity index (χ0v) is 12.4. The minimum Gasteiger partial charge on any atom is -0.481 e. The van der Waals surface area contributed by atoms with Gasteiger partial charge in [-0.1, -0.05) is 31.5 Å². The van der Waals surface area contributed by atoms with Crippen LogP contribution in [0.15, 0.2) is 24.3 Å². The highest BCUT2D eigenvalue weighted by Gasteiger charge is 2.17. The van der Waals surface area contributed by atoms with E-state index in [9.17, 15) is 9.59 Å². The number of carboxylic acid groups (broad SMARTS) is 1. The summed E-state index contributed by atoms with van der Waals surface area (Å²) in [7, 11) is 0. The number of carbonyl (C=O) groups is 2. The number of halogens is 1. The Labute approximate surface area is 123 Å². The number of anilines is 1. The first kappa shape index (κ1) is 16.5. The van der Waals surface area contributed by atoms with E-state index in [1.807, 2.05) is 6.92 Å². The number of rotatable bonds is 7. The quantitative estimate of drug-likeness (QED) is 0.810. The van der Waals surface area contributed by atoms with Gasteiger partial charge in [-0.15, -0.1) is 0 Å². The highest BCUT2D eigenvalue weighted by atomic mass is 35.5. The van der Waals surface area contributed by atoms with Crippen molar-refractivity contribution in [2.24, 2.45) is 5.92 Å². The molecule has 110 valence electrons. The zero-order valence-electron chi connectivity index (χ0n) is 11.6. The van der Waals surface area contributed by atoms with Gasteiger partial charge >= 0.3 is 5.97 Å². The summed E-state index contributed by atoms with van der Waals surface area (Å²) in [4.78, 5) is 24.5. The van der Waals surface area contributed by atoms with E-state index >= 15 is 0 Å². The lowest BCUT2D eigenvalue weighted by atomic mass is 10.1. The summed E-state index contributed by atoms with van der Waals surface area (Å²) in [6, 6.07) is 6.89. The number of nitrogens with zero attached hydrogens (tertiary/aromatic N) is 1. The average molecular weight is 299 g/mol. The molecule has 0 radical (unpaired) electrons. The lowest BCUT2D eigenvalue weighted by Crippen LogP contribution is -2.37. The van der Waals surface area contributed by atoms with Crippen molar-refractivity contribution in [1.82, 2.24) is 4.90 Å². The molecule has 1 aromatic carbocycles. The maximum absolute atomic E-state index is 11.9. The lowest BCUT2D eigenvalue weighted by Gasteiger charge is -2.21. The summed E-state index contributed by atoms with van der Waals surface area (Å²) >= 11 is 5.84. The summed E-state index contributed by atoms with van der Waals surface area (Å²) in [6.45, 7) is 4.62. The molecular weight excluding hydrogens is 280 g/mol. The predicted molar refractivity (Wildman–Crippen MR) is 79.0 cm³/mol. The number of amides is 1. The number of aliphatic carboxylic acids is 1. The second-order valence-electron chi connectivity index (χ2n) is 4.63. The van der Waals surface area contributed by atoms with Gasteiger partial charge in [-0.2, -0.15) is 0 Å². The Balaban J connectivity index is 2.53. The average Bonchev–Trinajstić information content (AvgIpc) is 2.37. The SMILES string of the molecule is CCN(CC(=O)Nc1cccc(Cl)c1)CC(C)C(=O)O. The Hall–Kier alpha value is -1.59. The number of nitrogens with one attached hydrogen (secondary N) is 1. The van der Waals surface area contributed by atoms with Gasteiger partial charge in [-0.25, -0.2) is 0 Å². The first-order valence-corrected chi connectivity index (χ1v) is 6.80. The van der Waals surface area contributed by atoms with E-state index in [4.69, 9.17) is 16.7 Å². The molecule has 6 heteroatoms. The Morgan fingerprint density at radius 1 is 1.45 bits per heavy atom. The molecule has 0 heterocycles. The van der Waals surface area contributed by atoms with Crippen LogP contribution in [0.1, 0.15) is 13.8 Å². The molecular formula is C14H19ClN2O3. The van der Waals surface area contributed by atoms with Crippen LogP contribution in [-0.4, -0.2) is 41.5 Å². The topological polar surface area (TPSA) is 69.6 Å². The van der Waals surface area contributed by atoms with Crippen molar-refractivity contribution in [1.29, 1.82) is 0 Å². The van der Waals surface area contributed by atoms with Crippen molar-refractivity contribution in [2.75, 3.05) is 25.0 Å². The number of benzene rings is 1. The monoisotopic (exact) mass is 298 g/mol. The molecule has 0 aliphatic carbocycles. The van der Waals surface area contributed by atoms with Crippen LogP contribution < -0.4 is 5.32 Å². The first-order chi connectivity index (χ1) is 9.42. The Kier molecular flexibility index (Phi) is 6.48. The van der Waals surface area contributed by atoms with Crippen molar-refractivity contribution in [3.05, 3.63) is 29.3 Å². The van der Waals surface area contributed by atoms with Crippen molar-refractivity contribution < 1.29 is 14.7 Å². The Morgan fingerprint density at radius 2 is 2.15 bits per heavy atom. The maximum Gasteiger partial charge on any atom is 0.307 e. The molecule has 0 aliphatic heterocycles. The molecule has 2 N–H and O–H groups in total. The molecule has 0 aromatic heterocycles. The Morgan fingerprint density at radius 3 is 2.70 bits per heavy atom. The van der Waals surface area contributed by atoms with E-state index in [-0.39, 0.29) is 12.5 Å². The van der Waals surface area contributed by atoms with E-state index in [0.29, 0.717) is 23.8 Å². The minimum absolute atomic E-state index is 0.153. The van der Waals surface area contributed by atoms with Crippen molar-refractivity contribution in [2.45, 2.75) is 13.8 Å². The van der Waals surface area contributed by atoms with Crippen LogP contribution in [0.2, 0.25) is 5.02 Å². The van der Waals surface area contributed by atoms with Crippen LogP contribution in [0.3, 0.4) is 0 Å². The zero-order chi connectivity index (χ0) is 15.1. The first-order valence-electron chi connectivity index (χ1n) is 6.43. The molecule has 20 heavy (non-hydrogen) atoms. The predicted octanol–water partition coefficient (Wildman–Crippen LogP) is 2.32. The molecule has 0 spiro atoms. The number of hydrogen-bond acceptors (Lipinski definition) is 3. The molecule has 1 unspecified atom stereocenters. The van der Waals surface area contributed by atoms with Crippen molar-refractivity contribution in [3.63, 3.8) is 0 Å². The van der Waals surface area contributed by atoms with Gasteiger partial charge < -0.3 is 10.4 Å². The van der Waals surface area contributed by atoms with Crippen LogP contribution in [-0.2, 0) is 9.59 Å². The molecule has 1 aromatic rings. The maximum atomic E-state index is 11.9. The summed E-state index contributed by atoms with van der Waals surface area (Å²) in [5.74, 6) is -1.56. The van der Waals surface area contributed by atoms with Gasteiger partial charge in [0.05, 0.1) is 12.5 Å². The number of carbonyl (C=O) groups excluding carboxylic acids is 1. The largest absolute Gasteiger partial charge is 0.481 e. The summed E-state index contributed by atoms with van der Waals surface area (Å²) in [6.07, 6.45) is 0. The molecule has 0 fully saturated rings. The van der Waals surface area contributed by atoms with E-state index < -0.39 is 11.9 Å². The smallest absolute Gasteiger partial charge is 0.307 e. The standard InChI is InChI=1S/C14H19ClN2O3/c1-3-17(8-10(2)14(19)20)9-13(18)16-12-6-4-5-11(15)7-12/h4-7,10H,3,8-9H2,1-2H3,(H,16,18)(H,19,20). The molecule has 1 atom stereocenters. The van der Waals surface area contributed by atoms with Crippen LogP contribution in [0.25, 0.3) is 0 Å². The van der Waals surface area contributed by atoms with Gasteiger partial charge in [0, 0.05) is 17.3 Å². The summed E-state index contributed by atoms with van der Waals surface area (Å²) in [5.41, 5.74) is 0.629. The van der Waals surface area contributed by atoms with Crippen LogP contribution >= 0.6 is 11.6 Å². The number of likely N-dealkylation sites (N-methyl/N-ethyl adjacent to an activating group) is 1. The summed E-state index contributed by atoms with van der Waals surface area (Å²) < 4.78 is 0. The van der Waals surface area contributed by atoms with Crippen molar-refractivity contribution >= 4 is 29.2 Å². The normalized spacial score (nSPS) is 12.2. The molecule has 1 rings (SSSR count). The van der Waals surface area contributed by atoms with E-state index in [2.05, 4.69) is 5.32 Å². The molecule has 0 aliphatic rings. The third-order valence-electron chi connectivity index (χ3n) is 2.88. The highest BCUT2D eigenvalue weighted by molar-refractivity contribution is 6.30. The third kappa shape index (κ3) is 5.59. The number of carboxylic acids is 1. The fraction of sp³-hybridized carbons (Fsp3) is 0.429. The van der Waals surface area contributed by atoms with Crippen LogP contribution in [0, 0.1) is 5.92 Å². The fourth-order valence-corrected chi connectivity index (χ4v) is 1.93. The number of hydrogen-bond donors (Lipinski definition) is 2. The van der Waals surface area contributed by atoms with Gasteiger partial charge in [-0.3, -0.25) is 14.5 Å². The Bertz CT molecular complexity index is 479. The van der Waals surface area contributed by atoms with Gasteiger partial charge in [-0.05, 0) is 24.7 Å². The molecule has 1 amide bonds. The highest BCUT2D eigenvalue weighted by Crippen LogP contribution is 2.14. The van der Waals surface area contributed by atoms with Crippen LogP contribution in [0.5, 0.6) is 0 Å². The van der Waals surface area contributed by atoms with E-state index in [0.717, 1.165) is 0 Å². The molecule has 5 nitrogen and oxygen atoms in total. The van der Waals surface area contributed by atoms with Gasteiger partial charge in [0.1, 0.15) is 0 Å². The van der Waals surface area contributed by atoms with Crippen LogP contribution in [0.4, 0.5) is 5.69 Å². The van der Waals surface area contributed by atoms with E-state index in [1.54, 1.807) is 36.1 Å². The minimum atomic E-state index is -0.862. The second-order valence-corrected chi connectivity index (χ2v) is 5.06. The molecule has 0 saturated carbocycles. The van der Waals surface area contributed by atoms with Gasteiger partial charge in [0.15, 0.2) is 0 Å². The molecule has 0 saturated heterocycles. The summed E-state index contributed by atoms with van der Waals surface area (Å²) in [5, 5.41) is 12.2.